The molecule has 2 aliphatic rings. The van der Waals surface area contributed by atoms with E-state index in [9.17, 15) is 4.79 Å². The number of carbonyl (C=O) groups is 1. The second kappa shape index (κ2) is 6.24. The van der Waals surface area contributed by atoms with Gasteiger partial charge in [-0.05, 0) is 37.0 Å². The van der Waals surface area contributed by atoms with Crippen LogP contribution < -0.4 is 10.6 Å². The Balaban J connectivity index is 1.51. The molecule has 4 nitrogen and oxygen atoms in total. The first-order valence-electron chi connectivity index (χ1n) is 7.67. The first-order chi connectivity index (χ1) is 10.1. The molecule has 0 bridgehead atoms. The zero-order valence-electron chi connectivity index (χ0n) is 12.2. The number of hydrogen-bond donors (Lipinski definition) is 1. The van der Waals surface area contributed by atoms with Gasteiger partial charge in [0.05, 0.1) is 0 Å². The first kappa shape index (κ1) is 14.7. The van der Waals surface area contributed by atoms with Gasteiger partial charge >= 0.3 is 0 Å². The average Bonchev–Trinajstić information content (AvgIpc) is 3.32. The average molecular weight is 308 g/mol. The van der Waals surface area contributed by atoms with Crippen LogP contribution in [0.2, 0.25) is 5.02 Å². The van der Waals surface area contributed by atoms with Crippen LogP contribution in [0.4, 0.5) is 5.69 Å². The van der Waals surface area contributed by atoms with E-state index >= 15 is 0 Å². The maximum Gasteiger partial charge on any atom is 0.224 e. The van der Waals surface area contributed by atoms with E-state index in [-0.39, 0.29) is 11.9 Å². The largest absolute Gasteiger partial charge is 0.368 e. The van der Waals surface area contributed by atoms with Crippen LogP contribution in [-0.2, 0) is 4.79 Å². The number of piperazine rings is 1. The van der Waals surface area contributed by atoms with Crippen LogP contribution in [0.15, 0.2) is 24.3 Å². The summed E-state index contributed by atoms with van der Waals surface area (Å²) in [5, 5.41) is 0.751. The molecule has 0 radical (unpaired) electrons. The quantitative estimate of drug-likeness (QED) is 0.927. The zero-order valence-corrected chi connectivity index (χ0v) is 12.9. The molecule has 0 aromatic heterocycles. The SMILES string of the molecule is NC(CC(=O)N1CCN(c2cccc(Cl)c2)CC1)C1CC1. The van der Waals surface area contributed by atoms with Crippen molar-refractivity contribution in [1.82, 2.24) is 4.90 Å². The van der Waals surface area contributed by atoms with Crippen LogP contribution in [-0.4, -0.2) is 43.0 Å². The van der Waals surface area contributed by atoms with Crippen molar-refractivity contribution in [1.29, 1.82) is 0 Å². The topological polar surface area (TPSA) is 49.6 Å². The fourth-order valence-corrected chi connectivity index (χ4v) is 3.09. The Hall–Kier alpha value is -1.26. The number of benzene rings is 1. The lowest BCUT2D eigenvalue weighted by molar-refractivity contribution is -0.131. The molecule has 1 aliphatic carbocycles. The molecule has 1 aromatic carbocycles. The Bertz CT molecular complexity index is 510. The second-order valence-electron chi connectivity index (χ2n) is 6.05. The van der Waals surface area contributed by atoms with E-state index in [0.29, 0.717) is 12.3 Å². The van der Waals surface area contributed by atoms with Crippen LogP contribution >= 0.6 is 11.6 Å². The maximum absolute atomic E-state index is 12.2. The van der Waals surface area contributed by atoms with Gasteiger partial charge in [-0.15, -0.1) is 0 Å². The lowest BCUT2D eigenvalue weighted by atomic mass is 10.1. The summed E-state index contributed by atoms with van der Waals surface area (Å²) in [5.41, 5.74) is 7.18. The van der Waals surface area contributed by atoms with E-state index in [1.165, 1.54) is 12.8 Å². The van der Waals surface area contributed by atoms with Crippen molar-refractivity contribution in [3.05, 3.63) is 29.3 Å². The summed E-state index contributed by atoms with van der Waals surface area (Å²) in [4.78, 5) is 16.5. The van der Waals surface area contributed by atoms with Gasteiger partial charge in [-0.2, -0.15) is 0 Å². The minimum Gasteiger partial charge on any atom is -0.368 e. The van der Waals surface area contributed by atoms with Crippen LogP contribution in [0, 0.1) is 5.92 Å². The first-order valence-corrected chi connectivity index (χ1v) is 8.05. The number of halogens is 1. The Morgan fingerprint density at radius 1 is 1.29 bits per heavy atom. The molecule has 1 saturated carbocycles. The molecule has 1 amide bonds. The normalized spacial score (nSPS) is 20.5. The molecule has 1 aliphatic heterocycles. The standard InChI is InChI=1S/C16H22ClN3O/c17-13-2-1-3-14(10-13)19-6-8-20(9-7-19)16(21)11-15(18)12-4-5-12/h1-3,10,12,15H,4-9,11,18H2. The van der Waals surface area contributed by atoms with Crippen molar-refractivity contribution in [2.24, 2.45) is 11.7 Å². The van der Waals surface area contributed by atoms with E-state index in [1.807, 2.05) is 23.1 Å². The summed E-state index contributed by atoms with van der Waals surface area (Å²) in [6.07, 6.45) is 2.88. The monoisotopic (exact) mass is 307 g/mol. The van der Waals surface area contributed by atoms with Gasteiger partial charge < -0.3 is 15.5 Å². The molecule has 1 saturated heterocycles. The number of rotatable bonds is 4. The molecule has 1 heterocycles. The van der Waals surface area contributed by atoms with Gasteiger partial charge in [0.2, 0.25) is 5.91 Å². The molecular formula is C16H22ClN3O. The third-order valence-corrected chi connectivity index (χ3v) is 4.68. The van der Waals surface area contributed by atoms with Crippen LogP contribution in [0.1, 0.15) is 19.3 Å². The molecule has 1 unspecified atom stereocenters. The molecule has 1 atom stereocenters. The Kier molecular flexibility index (Phi) is 4.36. The van der Waals surface area contributed by atoms with Crippen molar-refractivity contribution in [2.75, 3.05) is 31.1 Å². The van der Waals surface area contributed by atoms with Gasteiger partial charge in [0.25, 0.3) is 0 Å². The third kappa shape index (κ3) is 3.69. The Morgan fingerprint density at radius 3 is 2.62 bits per heavy atom. The van der Waals surface area contributed by atoms with Gasteiger partial charge in [-0.3, -0.25) is 4.79 Å². The highest BCUT2D eigenvalue weighted by atomic mass is 35.5. The third-order valence-electron chi connectivity index (χ3n) is 4.44. The predicted octanol–water partition coefficient (Wildman–Crippen LogP) is 2.12. The fourth-order valence-electron chi connectivity index (χ4n) is 2.91. The molecular weight excluding hydrogens is 286 g/mol. The summed E-state index contributed by atoms with van der Waals surface area (Å²) in [6.45, 7) is 3.24. The van der Waals surface area contributed by atoms with E-state index in [1.54, 1.807) is 0 Å². The van der Waals surface area contributed by atoms with Crippen LogP contribution in [0.25, 0.3) is 0 Å². The minimum absolute atomic E-state index is 0.0588. The Labute approximate surface area is 130 Å². The molecule has 21 heavy (non-hydrogen) atoms. The van der Waals surface area contributed by atoms with Gasteiger partial charge in [-0.1, -0.05) is 17.7 Å². The molecule has 2 N–H and O–H groups in total. The molecule has 114 valence electrons. The summed E-state index contributed by atoms with van der Waals surface area (Å²) < 4.78 is 0. The summed E-state index contributed by atoms with van der Waals surface area (Å²) in [7, 11) is 0. The summed E-state index contributed by atoms with van der Waals surface area (Å²) >= 11 is 6.03. The smallest absolute Gasteiger partial charge is 0.224 e. The Morgan fingerprint density at radius 2 is 2.00 bits per heavy atom. The van der Waals surface area contributed by atoms with Gasteiger partial charge in [-0.25, -0.2) is 0 Å². The van der Waals surface area contributed by atoms with Crippen molar-refractivity contribution in [3.63, 3.8) is 0 Å². The summed E-state index contributed by atoms with van der Waals surface area (Å²) in [6, 6.07) is 7.94. The number of hydrogen-bond acceptors (Lipinski definition) is 3. The van der Waals surface area contributed by atoms with E-state index in [0.717, 1.165) is 36.9 Å². The number of anilines is 1. The van der Waals surface area contributed by atoms with Crippen LogP contribution in [0.3, 0.4) is 0 Å². The van der Waals surface area contributed by atoms with E-state index in [2.05, 4.69) is 11.0 Å². The van der Waals surface area contributed by atoms with Crippen molar-refractivity contribution < 1.29 is 4.79 Å². The molecule has 2 fully saturated rings. The lowest BCUT2D eigenvalue weighted by Crippen LogP contribution is -2.49. The number of nitrogens with two attached hydrogens (primary N) is 1. The second-order valence-corrected chi connectivity index (χ2v) is 6.49. The minimum atomic E-state index is 0.0588. The van der Waals surface area contributed by atoms with Crippen molar-refractivity contribution in [3.8, 4) is 0 Å². The molecule has 5 heteroatoms. The maximum atomic E-state index is 12.2. The molecule has 3 rings (SSSR count). The lowest BCUT2D eigenvalue weighted by Gasteiger charge is -2.36. The molecule has 0 spiro atoms. The van der Waals surface area contributed by atoms with Crippen LogP contribution in [0.5, 0.6) is 0 Å². The van der Waals surface area contributed by atoms with E-state index < -0.39 is 0 Å². The fraction of sp³-hybridized carbons (Fsp3) is 0.562. The van der Waals surface area contributed by atoms with Gasteiger partial charge in [0, 0.05) is 49.4 Å². The van der Waals surface area contributed by atoms with Gasteiger partial charge in [0.15, 0.2) is 0 Å². The highest BCUT2D eigenvalue weighted by molar-refractivity contribution is 6.30. The predicted molar refractivity (Wildman–Crippen MR) is 85.6 cm³/mol. The summed E-state index contributed by atoms with van der Waals surface area (Å²) in [5.74, 6) is 0.793. The number of nitrogens with zero attached hydrogens (tertiary/aromatic N) is 2. The number of amides is 1. The highest BCUT2D eigenvalue weighted by Crippen LogP contribution is 2.33. The van der Waals surface area contributed by atoms with Crippen molar-refractivity contribution in [2.45, 2.75) is 25.3 Å². The number of carbonyl (C=O) groups excluding carboxylic acids is 1. The van der Waals surface area contributed by atoms with Gasteiger partial charge in [0.1, 0.15) is 0 Å². The van der Waals surface area contributed by atoms with Crippen molar-refractivity contribution >= 4 is 23.2 Å². The van der Waals surface area contributed by atoms with E-state index in [4.69, 9.17) is 17.3 Å². The molecule has 1 aromatic rings. The zero-order chi connectivity index (χ0) is 14.8. The highest BCUT2D eigenvalue weighted by Gasteiger charge is 2.31.